The molecule has 2 aromatic rings. The fraction of sp³-hybridized carbons (Fsp3) is 0.308. The summed E-state index contributed by atoms with van der Waals surface area (Å²) in [6.07, 6.45) is 0. The second kappa shape index (κ2) is 4.77. The number of rotatable bonds is 1. The first-order valence-corrected chi connectivity index (χ1v) is 6.48. The topological polar surface area (TPSA) is 42.7 Å². The molecule has 1 aromatic carbocycles. The average Bonchev–Trinajstić information content (AvgIpc) is 2.41. The van der Waals surface area contributed by atoms with E-state index in [0.717, 1.165) is 17.5 Å². The van der Waals surface area contributed by atoms with Crippen molar-refractivity contribution in [2.45, 2.75) is 0 Å². The summed E-state index contributed by atoms with van der Waals surface area (Å²) in [5.41, 5.74) is 0.651. The summed E-state index contributed by atoms with van der Waals surface area (Å²) < 4.78 is 12.1. The highest BCUT2D eigenvalue weighted by Gasteiger charge is 2.15. The highest BCUT2D eigenvalue weighted by atomic mass is 27.0. The summed E-state index contributed by atoms with van der Waals surface area (Å²) in [6, 6.07) is 7.13. The monoisotopic (exact) mass is 257 g/mol. The molecule has 4 nitrogen and oxygen atoms in total. The maximum Gasteiger partial charge on any atom is 0.200 e. The van der Waals surface area contributed by atoms with Crippen LogP contribution in [0.3, 0.4) is 0 Å². The zero-order valence-electron chi connectivity index (χ0n) is 9.89. The van der Waals surface area contributed by atoms with Gasteiger partial charge in [-0.1, -0.05) is 16.6 Å². The molecule has 1 aromatic heterocycles. The summed E-state index contributed by atoms with van der Waals surface area (Å²) >= 11 is 2.60. The highest BCUT2D eigenvalue weighted by Crippen LogP contribution is 2.18. The molecule has 18 heavy (non-hydrogen) atoms. The molecule has 0 bridgehead atoms. The molecule has 0 saturated carbocycles. The third kappa shape index (κ3) is 2.06. The molecule has 2 radical (unpaired) electrons. The van der Waals surface area contributed by atoms with Crippen molar-refractivity contribution in [2.75, 3.05) is 31.2 Å². The van der Waals surface area contributed by atoms with Crippen molar-refractivity contribution >= 4 is 37.6 Å². The molecular formula is C13H12AlNO3. The third-order valence-corrected chi connectivity index (χ3v) is 3.55. The van der Waals surface area contributed by atoms with Gasteiger partial charge in [-0.3, -0.25) is 4.79 Å². The van der Waals surface area contributed by atoms with Crippen LogP contribution < -0.4 is 14.8 Å². The van der Waals surface area contributed by atoms with Gasteiger partial charge in [0.2, 0.25) is 0 Å². The van der Waals surface area contributed by atoms with Crippen LogP contribution in [0, 0.1) is 0 Å². The first-order chi connectivity index (χ1) is 8.75. The second-order valence-electron chi connectivity index (χ2n) is 4.27. The fourth-order valence-electron chi connectivity index (χ4n) is 2.13. The van der Waals surface area contributed by atoms with E-state index in [9.17, 15) is 4.79 Å². The largest absolute Gasteiger partial charge is 0.442 e. The molecule has 3 rings (SSSR count). The van der Waals surface area contributed by atoms with E-state index in [4.69, 9.17) is 9.15 Å². The quantitative estimate of drug-likeness (QED) is 0.695. The number of fused-ring (bicyclic) bond motifs is 1. The molecule has 0 aliphatic carbocycles. The fourth-order valence-corrected chi connectivity index (χ4v) is 2.45. The predicted octanol–water partition coefficient (Wildman–Crippen LogP) is 0.423. The Hall–Kier alpha value is -1.28. The smallest absolute Gasteiger partial charge is 0.200 e. The molecular weight excluding hydrogens is 245 g/mol. The Morgan fingerprint density at radius 2 is 2.00 bits per heavy atom. The van der Waals surface area contributed by atoms with Crippen molar-refractivity contribution in [3.8, 4) is 0 Å². The number of nitrogens with zero attached hydrogens (tertiary/aromatic N) is 1. The second-order valence-corrected chi connectivity index (χ2v) is 4.89. The lowest BCUT2D eigenvalue weighted by Crippen LogP contribution is -2.36. The lowest BCUT2D eigenvalue weighted by Gasteiger charge is -2.27. The minimum absolute atomic E-state index is 0.00189. The molecule has 90 valence electrons. The first-order valence-electron chi connectivity index (χ1n) is 5.91. The SMILES string of the molecule is O=c1cc(N2CCOCC2)oc2[c]([Al])cccc12. The number of hydrogen-bond donors (Lipinski definition) is 0. The maximum atomic E-state index is 12.1. The predicted molar refractivity (Wildman–Crippen MR) is 70.9 cm³/mol. The van der Waals surface area contributed by atoms with Gasteiger partial charge in [0, 0.05) is 19.2 Å². The number of ether oxygens (including phenoxy) is 1. The van der Waals surface area contributed by atoms with Gasteiger partial charge >= 0.3 is 0 Å². The zero-order chi connectivity index (χ0) is 12.5. The van der Waals surface area contributed by atoms with E-state index in [2.05, 4.69) is 16.3 Å². The van der Waals surface area contributed by atoms with Crippen molar-refractivity contribution in [3.63, 3.8) is 0 Å². The molecule has 1 aliphatic rings. The summed E-state index contributed by atoms with van der Waals surface area (Å²) in [5.74, 6) is 0.630. The Labute approximate surface area is 113 Å². The van der Waals surface area contributed by atoms with E-state index < -0.39 is 0 Å². The van der Waals surface area contributed by atoms with Gasteiger partial charge in [-0.25, -0.2) is 0 Å². The number of morpholine rings is 1. The van der Waals surface area contributed by atoms with Gasteiger partial charge in [-0.15, -0.1) is 0 Å². The summed E-state index contributed by atoms with van der Waals surface area (Å²) in [6.45, 7) is 2.86. The summed E-state index contributed by atoms with van der Waals surface area (Å²) in [7, 11) is 0. The molecule has 0 atom stereocenters. The third-order valence-electron chi connectivity index (χ3n) is 3.09. The molecule has 5 heteroatoms. The molecule has 1 fully saturated rings. The Morgan fingerprint density at radius 3 is 2.78 bits per heavy atom. The average molecular weight is 257 g/mol. The van der Waals surface area contributed by atoms with Crippen LogP contribution in [-0.2, 0) is 4.74 Å². The van der Waals surface area contributed by atoms with E-state index in [1.807, 2.05) is 17.0 Å². The van der Waals surface area contributed by atoms with Crippen molar-refractivity contribution < 1.29 is 9.15 Å². The van der Waals surface area contributed by atoms with Crippen LogP contribution in [0.1, 0.15) is 0 Å². The number of para-hydroxylation sites is 1. The van der Waals surface area contributed by atoms with Crippen molar-refractivity contribution in [1.82, 2.24) is 0 Å². The minimum atomic E-state index is 0.00189. The first kappa shape index (κ1) is 11.8. The van der Waals surface area contributed by atoms with Crippen LogP contribution in [0.5, 0.6) is 0 Å². The van der Waals surface area contributed by atoms with Crippen molar-refractivity contribution in [3.05, 3.63) is 34.5 Å². The number of hydrogen-bond acceptors (Lipinski definition) is 4. The van der Waals surface area contributed by atoms with Crippen molar-refractivity contribution in [2.24, 2.45) is 0 Å². The molecule has 0 N–H and O–H groups in total. The minimum Gasteiger partial charge on any atom is -0.442 e. The van der Waals surface area contributed by atoms with Crippen LogP contribution in [0.2, 0.25) is 0 Å². The molecule has 0 amide bonds. The Morgan fingerprint density at radius 1 is 1.22 bits per heavy atom. The van der Waals surface area contributed by atoms with Gasteiger partial charge in [-0.2, -0.15) is 0 Å². The maximum absolute atomic E-state index is 12.1. The summed E-state index contributed by atoms with van der Waals surface area (Å²) in [4.78, 5) is 14.1. The van der Waals surface area contributed by atoms with Gasteiger partial charge in [0.25, 0.3) is 0 Å². The van der Waals surface area contributed by atoms with E-state index in [0.29, 0.717) is 30.1 Å². The standard InChI is InChI=1S/C13H12NO3.Al/c15-11-9-13(14-5-7-16-8-6-14)17-12-4-2-1-3-10(11)12;/h1-3,9H,5-8H2;. The van der Waals surface area contributed by atoms with E-state index in [-0.39, 0.29) is 5.43 Å². The lowest BCUT2D eigenvalue weighted by molar-refractivity contribution is 0.121. The highest BCUT2D eigenvalue weighted by molar-refractivity contribution is 6.37. The van der Waals surface area contributed by atoms with E-state index >= 15 is 0 Å². The molecule has 0 unspecified atom stereocenters. The Kier molecular flexibility index (Phi) is 3.13. The normalized spacial score (nSPS) is 16.1. The Bertz CT molecular complexity index is 632. The van der Waals surface area contributed by atoms with Crippen LogP contribution in [0.4, 0.5) is 5.88 Å². The van der Waals surface area contributed by atoms with Gasteiger partial charge in [-0.05, 0) is 6.07 Å². The lowest BCUT2D eigenvalue weighted by atomic mass is 10.2. The molecule has 1 saturated heterocycles. The number of anilines is 1. The van der Waals surface area contributed by atoms with Gasteiger partial charge in [0.05, 0.1) is 18.6 Å². The van der Waals surface area contributed by atoms with Gasteiger partial charge in [0.15, 0.2) is 27.6 Å². The molecule has 1 aliphatic heterocycles. The van der Waals surface area contributed by atoms with Crippen LogP contribution in [0.15, 0.2) is 33.5 Å². The molecule has 0 spiro atoms. The van der Waals surface area contributed by atoms with Crippen molar-refractivity contribution in [1.29, 1.82) is 0 Å². The van der Waals surface area contributed by atoms with Crippen LogP contribution >= 0.6 is 0 Å². The number of benzene rings is 1. The Balaban J connectivity index is 2.14. The van der Waals surface area contributed by atoms with Gasteiger partial charge < -0.3 is 14.1 Å². The van der Waals surface area contributed by atoms with Gasteiger partial charge in [0.1, 0.15) is 5.58 Å². The van der Waals surface area contributed by atoms with E-state index in [1.54, 1.807) is 12.1 Å². The molecule has 2 heterocycles. The van der Waals surface area contributed by atoms with E-state index in [1.165, 1.54) is 0 Å². The summed E-state index contributed by atoms with van der Waals surface area (Å²) in [5, 5.41) is 0.625. The van der Waals surface area contributed by atoms with Crippen LogP contribution in [-0.4, -0.2) is 42.6 Å². The zero-order valence-corrected chi connectivity index (χ0v) is 11.0. The van der Waals surface area contributed by atoms with Crippen LogP contribution in [0.25, 0.3) is 11.0 Å².